The average molecular weight is 271 g/mol. The maximum Gasteiger partial charge on any atom is 0.246 e. The summed E-state index contributed by atoms with van der Waals surface area (Å²) in [5.74, 6) is -0.470. The molecular formula is C13H25N3O3. The largest absolute Gasteiger partial charge is 0.363 e. The Morgan fingerprint density at radius 1 is 1.37 bits per heavy atom. The Hall–Kier alpha value is -1.14. The molecule has 19 heavy (non-hydrogen) atoms. The van der Waals surface area contributed by atoms with Crippen LogP contribution in [0.5, 0.6) is 0 Å². The molecule has 6 nitrogen and oxygen atoms in total. The van der Waals surface area contributed by atoms with Crippen molar-refractivity contribution in [3.05, 3.63) is 0 Å². The van der Waals surface area contributed by atoms with E-state index in [9.17, 15) is 9.59 Å². The van der Waals surface area contributed by atoms with E-state index in [-0.39, 0.29) is 29.6 Å². The molecule has 1 fully saturated rings. The van der Waals surface area contributed by atoms with Gasteiger partial charge in [0.15, 0.2) is 0 Å². The summed E-state index contributed by atoms with van der Waals surface area (Å²) in [6.45, 7) is 10.8. The van der Waals surface area contributed by atoms with Gasteiger partial charge in [-0.2, -0.15) is 0 Å². The summed E-state index contributed by atoms with van der Waals surface area (Å²) < 4.78 is 5.50. The highest BCUT2D eigenvalue weighted by Crippen LogP contribution is 2.14. The molecule has 0 aromatic carbocycles. The fraction of sp³-hybridized carbons (Fsp3) is 0.846. The van der Waals surface area contributed by atoms with Crippen molar-refractivity contribution in [2.24, 2.45) is 0 Å². The van der Waals surface area contributed by atoms with Gasteiger partial charge in [0, 0.05) is 18.6 Å². The van der Waals surface area contributed by atoms with Crippen LogP contribution in [0.4, 0.5) is 0 Å². The molecule has 1 unspecified atom stereocenters. The van der Waals surface area contributed by atoms with Gasteiger partial charge >= 0.3 is 0 Å². The Kier molecular flexibility index (Phi) is 4.92. The van der Waals surface area contributed by atoms with Crippen LogP contribution in [0.15, 0.2) is 0 Å². The van der Waals surface area contributed by atoms with E-state index in [4.69, 9.17) is 4.74 Å². The summed E-state index contributed by atoms with van der Waals surface area (Å²) in [5, 5.41) is 8.53. The molecule has 3 N–H and O–H groups in total. The molecule has 1 aliphatic rings. The van der Waals surface area contributed by atoms with E-state index in [1.165, 1.54) is 0 Å². The fourth-order valence-electron chi connectivity index (χ4n) is 1.65. The molecule has 1 atom stereocenters. The van der Waals surface area contributed by atoms with E-state index in [2.05, 4.69) is 16.0 Å². The highest BCUT2D eigenvalue weighted by molar-refractivity contribution is 5.88. The van der Waals surface area contributed by atoms with Crippen LogP contribution in [-0.4, -0.2) is 48.7 Å². The second-order valence-corrected chi connectivity index (χ2v) is 6.37. The summed E-state index contributed by atoms with van der Waals surface area (Å²) in [5.41, 5.74) is -0.564. The third kappa shape index (κ3) is 5.57. The number of carbonyl (C=O) groups excluding carboxylic acids is 2. The van der Waals surface area contributed by atoms with Crippen molar-refractivity contribution in [3.8, 4) is 0 Å². The van der Waals surface area contributed by atoms with Gasteiger partial charge < -0.3 is 20.7 Å². The van der Waals surface area contributed by atoms with Crippen LogP contribution in [0.3, 0.4) is 0 Å². The van der Waals surface area contributed by atoms with Crippen LogP contribution in [0.2, 0.25) is 0 Å². The van der Waals surface area contributed by atoms with Gasteiger partial charge in [-0.15, -0.1) is 0 Å². The number of nitrogens with one attached hydrogen (secondary N) is 3. The van der Waals surface area contributed by atoms with Gasteiger partial charge in [0.1, 0.15) is 12.6 Å². The SMILES string of the molecule is CC(NC(=O)COC1(C)CNC1)C(=O)NC(C)(C)C. The van der Waals surface area contributed by atoms with Gasteiger partial charge in [-0.05, 0) is 34.6 Å². The number of amides is 2. The highest BCUT2D eigenvalue weighted by atomic mass is 16.5. The third-order valence-corrected chi connectivity index (χ3v) is 2.82. The molecule has 0 aliphatic carbocycles. The van der Waals surface area contributed by atoms with Crippen molar-refractivity contribution in [2.75, 3.05) is 19.7 Å². The molecule has 1 heterocycles. The van der Waals surface area contributed by atoms with E-state index < -0.39 is 6.04 Å². The molecule has 0 bridgehead atoms. The smallest absolute Gasteiger partial charge is 0.246 e. The molecule has 1 aliphatic heterocycles. The lowest BCUT2D eigenvalue weighted by Gasteiger charge is -2.38. The normalized spacial score (nSPS) is 19.2. The lowest BCUT2D eigenvalue weighted by molar-refractivity contribution is -0.138. The summed E-state index contributed by atoms with van der Waals surface area (Å²) in [6.07, 6.45) is 0. The minimum absolute atomic E-state index is 0.0225. The molecule has 0 aromatic heterocycles. The minimum atomic E-state index is -0.567. The van der Waals surface area contributed by atoms with Crippen LogP contribution in [0, 0.1) is 0 Å². The van der Waals surface area contributed by atoms with Crippen LogP contribution >= 0.6 is 0 Å². The average Bonchev–Trinajstić information content (AvgIpc) is 2.21. The highest BCUT2D eigenvalue weighted by Gasteiger charge is 2.33. The topological polar surface area (TPSA) is 79.5 Å². The molecule has 6 heteroatoms. The second-order valence-electron chi connectivity index (χ2n) is 6.37. The first-order valence-corrected chi connectivity index (χ1v) is 6.57. The maximum absolute atomic E-state index is 11.8. The fourth-order valence-corrected chi connectivity index (χ4v) is 1.65. The quantitative estimate of drug-likeness (QED) is 0.646. The first kappa shape index (κ1) is 15.9. The molecule has 110 valence electrons. The number of hydrogen-bond acceptors (Lipinski definition) is 4. The van der Waals surface area contributed by atoms with Crippen LogP contribution in [-0.2, 0) is 14.3 Å². The number of carbonyl (C=O) groups is 2. The van der Waals surface area contributed by atoms with Crippen LogP contribution in [0.25, 0.3) is 0 Å². The van der Waals surface area contributed by atoms with Gasteiger partial charge in [0.25, 0.3) is 0 Å². The predicted molar refractivity (Wildman–Crippen MR) is 72.7 cm³/mol. The van der Waals surface area contributed by atoms with Crippen LogP contribution < -0.4 is 16.0 Å². The zero-order valence-electron chi connectivity index (χ0n) is 12.4. The van der Waals surface area contributed by atoms with Crippen molar-refractivity contribution in [1.29, 1.82) is 0 Å². The van der Waals surface area contributed by atoms with Gasteiger partial charge in [-0.25, -0.2) is 0 Å². The Balaban J connectivity index is 2.29. The Bertz CT molecular complexity index is 346. The monoisotopic (exact) mass is 271 g/mol. The minimum Gasteiger partial charge on any atom is -0.363 e. The zero-order chi connectivity index (χ0) is 14.7. The van der Waals surface area contributed by atoms with Crippen molar-refractivity contribution in [3.63, 3.8) is 0 Å². The Morgan fingerprint density at radius 2 is 1.95 bits per heavy atom. The first-order valence-electron chi connectivity index (χ1n) is 6.57. The van der Waals surface area contributed by atoms with E-state index >= 15 is 0 Å². The summed E-state index contributed by atoms with van der Waals surface area (Å²) in [4.78, 5) is 23.5. The Labute approximate surface area is 114 Å². The van der Waals surface area contributed by atoms with Gasteiger partial charge in [-0.1, -0.05) is 0 Å². The van der Waals surface area contributed by atoms with E-state index in [0.29, 0.717) is 0 Å². The van der Waals surface area contributed by atoms with Gasteiger partial charge in [0.05, 0.1) is 5.60 Å². The van der Waals surface area contributed by atoms with Gasteiger partial charge in [-0.3, -0.25) is 9.59 Å². The number of ether oxygens (including phenoxy) is 1. The summed E-state index contributed by atoms with van der Waals surface area (Å²) in [7, 11) is 0. The van der Waals surface area contributed by atoms with Crippen molar-refractivity contribution in [1.82, 2.24) is 16.0 Å². The number of hydrogen-bond donors (Lipinski definition) is 3. The maximum atomic E-state index is 11.8. The summed E-state index contributed by atoms with van der Waals surface area (Å²) >= 11 is 0. The van der Waals surface area contributed by atoms with E-state index in [1.54, 1.807) is 6.92 Å². The molecule has 1 rings (SSSR count). The Morgan fingerprint density at radius 3 is 2.37 bits per heavy atom. The molecule has 2 amide bonds. The van der Waals surface area contributed by atoms with Crippen molar-refractivity contribution < 1.29 is 14.3 Å². The predicted octanol–water partition coefficient (Wildman–Crippen LogP) is -0.216. The zero-order valence-corrected chi connectivity index (χ0v) is 12.4. The molecule has 0 aromatic rings. The van der Waals surface area contributed by atoms with E-state index in [0.717, 1.165) is 13.1 Å². The lowest BCUT2D eigenvalue weighted by Crippen LogP contribution is -2.60. The number of rotatable bonds is 5. The molecule has 0 spiro atoms. The van der Waals surface area contributed by atoms with Crippen molar-refractivity contribution in [2.45, 2.75) is 51.8 Å². The third-order valence-electron chi connectivity index (χ3n) is 2.82. The molecule has 0 saturated carbocycles. The first-order chi connectivity index (χ1) is 8.61. The summed E-state index contributed by atoms with van der Waals surface area (Å²) in [6, 6.07) is -0.567. The molecule has 0 radical (unpaired) electrons. The lowest BCUT2D eigenvalue weighted by atomic mass is 10.0. The molecular weight excluding hydrogens is 246 g/mol. The van der Waals surface area contributed by atoms with Crippen LogP contribution in [0.1, 0.15) is 34.6 Å². The van der Waals surface area contributed by atoms with Crippen molar-refractivity contribution >= 4 is 11.8 Å². The van der Waals surface area contributed by atoms with E-state index in [1.807, 2.05) is 27.7 Å². The molecule has 1 saturated heterocycles. The van der Waals surface area contributed by atoms with Gasteiger partial charge in [0.2, 0.25) is 11.8 Å². The standard InChI is InChI=1S/C13H25N3O3/c1-9(11(18)16-12(2,3)4)15-10(17)6-19-13(5)7-14-8-13/h9,14H,6-8H2,1-5H3,(H,15,17)(H,16,18). The second kappa shape index (κ2) is 5.88.